The molecule has 0 nitrogen and oxygen atoms in total. The lowest BCUT2D eigenvalue weighted by atomic mass is 9.99. The minimum absolute atomic E-state index is 0. The van der Waals surface area contributed by atoms with E-state index in [9.17, 15) is 0 Å². The summed E-state index contributed by atoms with van der Waals surface area (Å²) in [7, 11) is 0. The van der Waals surface area contributed by atoms with Crippen LogP contribution in [-0.4, -0.2) is 0 Å². The predicted molar refractivity (Wildman–Crippen MR) is 212 cm³/mol. The summed E-state index contributed by atoms with van der Waals surface area (Å²) in [4.78, 5) is 0. The van der Waals surface area contributed by atoms with Crippen LogP contribution in [0.3, 0.4) is 0 Å². The van der Waals surface area contributed by atoms with E-state index in [1.165, 1.54) is 99.3 Å². The highest BCUT2D eigenvalue weighted by Crippen LogP contribution is 2.14. The maximum Gasteiger partial charge on any atom is -0.0279 e. The fourth-order valence-electron chi connectivity index (χ4n) is 3.50. The minimum atomic E-state index is 0. The topological polar surface area (TPSA) is 0 Å². The van der Waals surface area contributed by atoms with Gasteiger partial charge >= 0.3 is 0 Å². The highest BCUT2D eigenvalue weighted by Gasteiger charge is 1.98. The summed E-state index contributed by atoms with van der Waals surface area (Å²) in [5, 5.41) is 0. The van der Waals surface area contributed by atoms with Crippen molar-refractivity contribution >= 4 is 0 Å². The first-order valence-corrected chi connectivity index (χ1v) is 17.1. The fourth-order valence-corrected chi connectivity index (χ4v) is 3.50. The Bertz CT molecular complexity index is 654. The van der Waals surface area contributed by atoms with Crippen LogP contribution in [0.1, 0.15) is 172 Å². The maximum absolute atomic E-state index is 3.56. The lowest BCUT2D eigenvalue weighted by Gasteiger charge is -2.07. The largest absolute Gasteiger partial charge is 0.106 e. The van der Waals surface area contributed by atoms with Crippen LogP contribution in [0.4, 0.5) is 0 Å². The summed E-state index contributed by atoms with van der Waals surface area (Å²) >= 11 is 0. The summed E-state index contributed by atoms with van der Waals surface area (Å²) in [6, 6.07) is 8.93. The molecule has 1 rings (SSSR count). The number of benzene rings is 1. The van der Waals surface area contributed by atoms with E-state index in [1.807, 2.05) is 20.8 Å². The van der Waals surface area contributed by atoms with Crippen molar-refractivity contribution < 1.29 is 0 Å². The van der Waals surface area contributed by atoms with Crippen LogP contribution in [0, 0.1) is 5.92 Å². The van der Waals surface area contributed by atoms with E-state index in [-0.39, 0.29) is 7.43 Å². The quantitative estimate of drug-likeness (QED) is 0.120. The van der Waals surface area contributed by atoms with E-state index in [0.29, 0.717) is 0 Å². The van der Waals surface area contributed by atoms with Crippen molar-refractivity contribution in [3.8, 4) is 0 Å². The molecule has 1 aromatic carbocycles. The summed E-state index contributed by atoms with van der Waals surface area (Å²) < 4.78 is 0. The van der Waals surface area contributed by atoms with E-state index in [4.69, 9.17) is 0 Å². The Morgan fingerprint density at radius 3 is 1.63 bits per heavy atom. The molecule has 0 saturated carbocycles. The van der Waals surface area contributed by atoms with Gasteiger partial charge in [0, 0.05) is 0 Å². The third-order valence-corrected chi connectivity index (χ3v) is 5.52. The van der Waals surface area contributed by atoms with Gasteiger partial charge in [0.2, 0.25) is 0 Å². The summed E-state index contributed by atoms with van der Waals surface area (Å²) in [5.74, 6) is 0.969. The normalized spacial score (nSPS) is 9.91. The molecule has 0 aliphatic rings. The van der Waals surface area contributed by atoms with Crippen LogP contribution in [-0.2, 0) is 12.8 Å². The molecule has 0 heteroatoms. The van der Waals surface area contributed by atoms with Gasteiger partial charge < -0.3 is 0 Å². The molecule has 1 unspecified atom stereocenters. The maximum atomic E-state index is 3.56. The van der Waals surface area contributed by atoms with Gasteiger partial charge in [-0.05, 0) is 70.4 Å². The molecule has 0 aromatic heterocycles. The van der Waals surface area contributed by atoms with Crippen molar-refractivity contribution in [3.63, 3.8) is 0 Å². The second-order valence-corrected chi connectivity index (χ2v) is 10.9. The van der Waals surface area contributed by atoms with Crippen molar-refractivity contribution in [1.82, 2.24) is 0 Å². The number of allylic oxidation sites excluding steroid dienone is 5. The lowest BCUT2D eigenvalue weighted by Crippen LogP contribution is -1.92. The molecule has 0 aliphatic heterocycles. The zero-order chi connectivity index (χ0) is 34.0. The Labute approximate surface area is 277 Å². The molecule has 0 aliphatic carbocycles. The molecule has 0 saturated heterocycles. The molecule has 0 fully saturated rings. The molecule has 0 radical (unpaired) electrons. The van der Waals surface area contributed by atoms with Crippen molar-refractivity contribution in [1.29, 1.82) is 0 Å². The molecule has 0 heterocycles. The SMILES string of the molecule is C.C/C=C\C=C(/C)CCC.C=C.C=C.C=C(C)C.CCC.CCCCCC(C)CCC.CCCCc1cccc(CC)c1. The number of rotatable bonds is 13. The third-order valence-electron chi connectivity index (χ3n) is 5.52. The summed E-state index contributed by atoms with van der Waals surface area (Å²) in [6.07, 6.45) is 23.5. The minimum Gasteiger partial charge on any atom is -0.106 e. The van der Waals surface area contributed by atoms with Crippen molar-refractivity contribution in [2.75, 3.05) is 0 Å². The van der Waals surface area contributed by atoms with Crippen LogP contribution < -0.4 is 0 Å². The second kappa shape index (κ2) is 55.8. The molecule has 1 aromatic rings. The molecule has 0 bridgehead atoms. The molecule has 0 spiro atoms. The first-order valence-electron chi connectivity index (χ1n) is 17.1. The number of aryl methyl sites for hydroxylation is 2. The molecule has 0 amide bonds. The Morgan fingerprint density at radius 2 is 1.23 bits per heavy atom. The molecule has 1 atom stereocenters. The first kappa shape index (κ1) is 56.7. The number of hydrogen-bond donors (Lipinski definition) is 0. The van der Waals surface area contributed by atoms with Crippen molar-refractivity contribution in [2.24, 2.45) is 5.92 Å². The Kier molecular flexibility index (Phi) is 73.5. The van der Waals surface area contributed by atoms with Gasteiger partial charge in [-0.2, -0.15) is 0 Å². The molecule has 256 valence electrons. The Morgan fingerprint density at radius 1 is 0.744 bits per heavy atom. The number of unbranched alkanes of at least 4 members (excludes halogenated alkanes) is 3. The average Bonchev–Trinajstić information content (AvgIpc) is 2.98. The molecular formula is C43H84. The van der Waals surface area contributed by atoms with Gasteiger partial charge in [-0.3, -0.25) is 0 Å². The zero-order valence-electron chi connectivity index (χ0n) is 31.3. The lowest BCUT2D eigenvalue weighted by molar-refractivity contribution is 0.459. The van der Waals surface area contributed by atoms with Crippen LogP contribution in [0.5, 0.6) is 0 Å². The van der Waals surface area contributed by atoms with Gasteiger partial charge in [0.1, 0.15) is 0 Å². The summed E-state index contributed by atoms with van der Waals surface area (Å²) in [5.41, 5.74) is 5.59. The molecular weight excluding hydrogens is 516 g/mol. The zero-order valence-corrected chi connectivity index (χ0v) is 31.3. The van der Waals surface area contributed by atoms with Gasteiger partial charge in [0.05, 0.1) is 0 Å². The number of hydrogen-bond acceptors (Lipinski definition) is 0. The van der Waals surface area contributed by atoms with Gasteiger partial charge in [-0.1, -0.05) is 174 Å². The monoisotopic (exact) mass is 601 g/mol. The highest BCUT2D eigenvalue weighted by atomic mass is 14.0. The van der Waals surface area contributed by atoms with Crippen molar-refractivity contribution in [3.05, 3.63) is 97.7 Å². The molecule has 0 N–H and O–H groups in total. The second-order valence-electron chi connectivity index (χ2n) is 10.9. The van der Waals surface area contributed by atoms with Gasteiger partial charge in [0.25, 0.3) is 0 Å². The fraction of sp³-hybridized carbons (Fsp3) is 0.628. The third kappa shape index (κ3) is 68.6. The smallest absolute Gasteiger partial charge is 0.0279 e. The first-order chi connectivity index (χ1) is 20.1. The van der Waals surface area contributed by atoms with Crippen LogP contribution in [0.2, 0.25) is 0 Å². The van der Waals surface area contributed by atoms with E-state index < -0.39 is 0 Å². The Balaban J connectivity index is -0.0000000771. The predicted octanol–water partition coefficient (Wildman–Crippen LogP) is 16.1. The summed E-state index contributed by atoms with van der Waals surface area (Å²) in [6.45, 7) is 41.5. The van der Waals surface area contributed by atoms with E-state index >= 15 is 0 Å². The van der Waals surface area contributed by atoms with Gasteiger partial charge in [0.15, 0.2) is 0 Å². The van der Waals surface area contributed by atoms with Crippen LogP contribution in [0.15, 0.2) is 86.5 Å². The van der Waals surface area contributed by atoms with Gasteiger partial charge in [-0.15, -0.1) is 32.9 Å². The van der Waals surface area contributed by atoms with E-state index in [1.54, 1.807) is 0 Å². The van der Waals surface area contributed by atoms with E-state index in [2.05, 4.69) is 138 Å². The van der Waals surface area contributed by atoms with Crippen LogP contribution >= 0.6 is 0 Å². The Hall–Kier alpha value is -2.08. The van der Waals surface area contributed by atoms with E-state index in [0.717, 1.165) is 12.3 Å². The van der Waals surface area contributed by atoms with Crippen molar-refractivity contribution in [2.45, 2.75) is 174 Å². The van der Waals surface area contributed by atoms with Crippen LogP contribution in [0.25, 0.3) is 0 Å². The molecule has 43 heavy (non-hydrogen) atoms. The van der Waals surface area contributed by atoms with Gasteiger partial charge in [-0.25, -0.2) is 0 Å². The highest BCUT2D eigenvalue weighted by molar-refractivity contribution is 5.23. The average molecular weight is 601 g/mol. The standard InChI is InChI=1S/C12H18.C10H22.C9H16.C4H8.C3H8.2C2H4.CH4/c1-3-5-7-12-9-6-8-11(4-2)10-12;1-4-6-7-9-10(3)8-5-2;1-4-6-8-9(3)7-5-2;1-4(2)3;1-3-2;2*1-2;/h6,8-10H,3-5,7H2,1-2H3;10H,4-9H2,1-3H3;4,6,8H,5,7H2,1-3H3;1H2,2-3H3;3H2,1-2H3;2*1-2H2;1H4/b;;6-4-,9-8+;;;;;.